The van der Waals surface area contributed by atoms with Crippen LogP contribution in [0.3, 0.4) is 0 Å². The van der Waals surface area contributed by atoms with E-state index in [1.165, 1.54) is 5.56 Å². The summed E-state index contributed by atoms with van der Waals surface area (Å²) in [5, 5.41) is 7.81. The van der Waals surface area contributed by atoms with Crippen LogP contribution in [-0.2, 0) is 13.1 Å². The molecule has 0 unspecified atom stereocenters. The quantitative estimate of drug-likeness (QED) is 0.829. The van der Waals surface area contributed by atoms with Crippen LogP contribution < -0.4 is 10.1 Å². The molecule has 4 heteroatoms. The van der Waals surface area contributed by atoms with Crippen molar-refractivity contribution in [3.05, 3.63) is 47.8 Å². The van der Waals surface area contributed by atoms with Crippen molar-refractivity contribution < 1.29 is 4.74 Å². The smallest absolute Gasteiger partial charge is 0.119 e. The van der Waals surface area contributed by atoms with Gasteiger partial charge >= 0.3 is 0 Å². The van der Waals surface area contributed by atoms with E-state index in [-0.39, 0.29) is 0 Å². The molecule has 0 radical (unpaired) electrons. The summed E-state index contributed by atoms with van der Waals surface area (Å²) in [5.41, 5.74) is 2.34. The van der Waals surface area contributed by atoms with Gasteiger partial charge < -0.3 is 10.1 Å². The highest BCUT2D eigenvalue weighted by molar-refractivity contribution is 5.20. The summed E-state index contributed by atoms with van der Waals surface area (Å²) in [7, 11) is 0. The van der Waals surface area contributed by atoms with E-state index in [0.717, 1.165) is 31.1 Å². The Morgan fingerprint density at radius 2 is 2.05 bits per heavy atom. The first-order valence-electron chi connectivity index (χ1n) is 6.71. The van der Waals surface area contributed by atoms with E-state index >= 15 is 0 Å². The predicted molar refractivity (Wildman–Crippen MR) is 76.3 cm³/mol. The molecule has 102 valence electrons. The molecule has 1 aromatic heterocycles. The van der Waals surface area contributed by atoms with Crippen LogP contribution in [-0.4, -0.2) is 22.9 Å². The van der Waals surface area contributed by atoms with Gasteiger partial charge in [-0.15, -0.1) is 0 Å². The first-order valence-corrected chi connectivity index (χ1v) is 6.71. The van der Waals surface area contributed by atoms with Crippen LogP contribution in [0.5, 0.6) is 5.75 Å². The van der Waals surface area contributed by atoms with Gasteiger partial charge in [-0.05, 0) is 25.6 Å². The van der Waals surface area contributed by atoms with E-state index in [9.17, 15) is 0 Å². The minimum absolute atomic E-state index is 0.631. The molecule has 2 rings (SSSR count). The Labute approximate surface area is 114 Å². The lowest BCUT2D eigenvalue weighted by molar-refractivity contribution is 0.291. The lowest BCUT2D eigenvalue weighted by atomic mass is 10.2. The number of nitrogens with zero attached hydrogens (tertiary/aromatic N) is 2. The zero-order chi connectivity index (χ0) is 13.5. The van der Waals surface area contributed by atoms with Gasteiger partial charge in [0, 0.05) is 18.3 Å². The molecule has 1 N–H and O–H groups in total. The highest BCUT2D eigenvalue weighted by Gasteiger charge is 2.04. The van der Waals surface area contributed by atoms with E-state index in [1.54, 1.807) is 0 Å². The maximum absolute atomic E-state index is 5.66. The highest BCUT2D eigenvalue weighted by Crippen LogP contribution is 2.09. The maximum atomic E-state index is 5.66. The van der Waals surface area contributed by atoms with Gasteiger partial charge in [0.1, 0.15) is 12.4 Å². The van der Waals surface area contributed by atoms with Crippen LogP contribution in [0.25, 0.3) is 0 Å². The molecule has 0 aliphatic rings. The van der Waals surface area contributed by atoms with E-state index in [4.69, 9.17) is 4.74 Å². The largest absolute Gasteiger partial charge is 0.492 e. The standard InChI is InChI=1S/C15H21N3O/c1-3-16-11-14-12-18(17-13(14)2)9-10-19-15-7-5-4-6-8-15/h4-8,12,16H,3,9-11H2,1-2H3. The first-order chi connectivity index (χ1) is 9.29. The van der Waals surface area contributed by atoms with E-state index in [2.05, 4.69) is 23.5 Å². The molecule has 1 aromatic carbocycles. The van der Waals surface area contributed by atoms with Crippen molar-refractivity contribution >= 4 is 0 Å². The summed E-state index contributed by atoms with van der Waals surface area (Å²) < 4.78 is 7.61. The fourth-order valence-electron chi connectivity index (χ4n) is 1.88. The Kier molecular flexibility index (Phi) is 4.98. The second kappa shape index (κ2) is 6.95. The molecule has 0 atom stereocenters. The van der Waals surface area contributed by atoms with Gasteiger partial charge in [-0.1, -0.05) is 25.1 Å². The number of hydrogen-bond donors (Lipinski definition) is 1. The summed E-state index contributed by atoms with van der Waals surface area (Å²) in [5.74, 6) is 0.902. The highest BCUT2D eigenvalue weighted by atomic mass is 16.5. The summed E-state index contributed by atoms with van der Waals surface area (Å²) in [6.45, 7) is 7.39. The van der Waals surface area contributed by atoms with Gasteiger partial charge in [-0.25, -0.2) is 0 Å². The molecule has 2 aromatic rings. The number of ether oxygens (including phenoxy) is 1. The number of aromatic nitrogens is 2. The van der Waals surface area contributed by atoms with E-state index < -0.39 is 0 Å². The van der Waals surface area contributed by atoms with Crippen molar-refractivity contribution in [2.24, 2.45) is 0 Å². The minimum Gasteiger partial charge on any atom is -0.492 e. The number of para-hydroxylation sites is 1. The molecule has 0 fully saturated rings. The Balaban J connectivity index is 1.83. The Morgan fingerprint density at radius 3 is 2.79 bits per heavy atom. The molecule has 0 spiro atoms. The second-order valence-corrected chi connectivity index (χ2v) is 4.44. The van der Waals surface area contributed by atoms with E-state index in [1.807, 2.05) is 41.9 Å². The topological polar surface area (TPSA) is 39.1 Å². The van der Waals surface area contributed by atoms with Crippen LogP contribution in [0.2, 0.25) is 0 Å². The molecular weight excluding hydrogens is 238 g/mol. The van der Waals surface area contributed by atoms with Gasteiger partial charge in [0.25, 0.3) is 0 Å². The average Bonchev–Trinajstić information content (AvgIpc) is 2.78. The summed E-state index contributed by atoms with van der Waals surface area (Å²) in [4.78, 5) is 0. The monoisotopic (exact) mass is 259 g/mol. The third kappa shape index (κ3) is 4.10. The normalized spacial score (nSPS) is 10.6. The Hall–Kier alpha value is -1.81. The molecule has 0 bridgehead atoms. The fraction of sp³-hybridized carbons (Fsp3) is 0.400. The summed E-state index contributed by atoms with van der Waals surface area (Å²) in [6, 6.07) is 9.86. The van der Waals surface area contributed by atoms with Crippen LogP contribution in [0.15, 0.2) is 36.5 Å². The van der Waals surface area contributed by atoms with Crippen molar-refractivity contribution in [3.63, 3.8) is 0 Å². The number of nitrogens with one attached hydrogen (secondary N) is 1. The third-order valence-electron chi connectivity index (χ3n) is 2.95. The van der Waals surface area contributed by atoms with Crippen LogP contribution in [0.1, 0.15) is 18.2 Å². The lowest BCUT2D eigenvalue weighted by Gasteiger charge is -2.05. The van der Waals surface area contributed by atoms with Gasteiger partial charge in [0.2, 0.25) is 0 Å². The van der Waals surface area contributed by atoms with Gasteiger partial charge in [-0.3, -0.25) is 4.68 Å². The van der Waals surface area contributed by atoms with Crippen molar-refractivity contribution in [1.29, 1.82) is 0 Å². The van der Waals surface area contributed by atoms with Crippen molar-refractivity contribution in [1.82, 2.24) is 15.1 Å². The Morgan fingerprint density at radius 1 is 1.26 bits per heavy atom. The van der Waals surface area contributed by atoms with Crippen molar-refractivity contribution in [2.75, 3.05) is 13.2 Å². The van der Waals surface area contributed by atoms with Gasteiger partial charge in [0.15, 0.2) is 0 Å². The molecule has 0 aliphatic carbocycles. The van der Waals surface area contributed by atoms with Crippen LogP contribution in [0, 0.1) is 6.92 Å². The molecule has 19 heavy (non-hydrogen) atoms. The number of hydrogen-bond acceptors (Lipinski definition) is 3. The molecular formula is C15H21N3O. The third-order valence-corrected chi connectivity index (χ3v) is 2.95. The molecule has 0 saturated carbocycles. The average molecular weight is 259 g/mol. The number of aryl methyl sites for hydroxylation is 1. The maximum Gasteiger partial charge on any atom is 0.119 e. The Bertz CT molecular complexity index is 493. The molecule has 0 aliphatic heterocycles. The summed E-state index contributed by atoms with van der Waals surface area (Å²) >= 11 is 0. The predicted octanol–water partition coefficient (Wildman–Crippen LogP) is 2.38. The van der Waals surface area contributed by atoms with Crippen LogP contribution in [0.4, 0.5) is 0 Å². The molecule has 4 nitrogen and oxygen atoms in total. The first kappa shape index (κ1) is 13.6. The molecule has 1 heterocycles. The second-order valence-electron chi connectivity index (χ2n) is 4.44. The minimum atomic E-state index is 0.631. The van der Waals surface area contributed by atoms with Crippen molar-refractivity contribution in [2.45, 2.75) is 26.9 Å². The van der Waals surface area contributed by atoms with Crippen molar-refractivity contribution in [3.8, 4) is 5.75 Å². The van der Waals surface area contributed by atoms with Gasteiger partial charge in [-0.2, -0.15) is 5.10 Å². The van der Waals surface area contributed by atoms with E-state index in [0.29, 0.717) is 6.61 Å². The molecule has 0 saturated heterocycles. The lowest BCUT2D eigenvalue weighted by Crippen LogP contribution is -2.12. The SMILES string of the molecule is CCNCc1cn(CCOc2ccccc2)nc1C. The zero-order valence-corrected chi connectivity index (χ0v) is 11.6. The molecule has 0 amide bonds. The number of rotatable bonds is 7. The fourth-order valence-corrected chi connectivity index (χ4v) is 1.88. The van der Waals surface area contributed by atoms with Gasteiger partial charge in [0.05, 0.1) is 12.2 Å². The zero-order valence-electron chi connectivity index (χ0n) is 11.6. The number of benzene rings is 1. The van der Waals surface area contributed by atoms with Crippen LogP contribution >= 0.6 is 0 Å². The summed E-state index contributed by atoms with van der Waals surface area (Å²) in [6.07, 6.45) is 2.09.